The highest BCUT2D eigenvalue weighted by Gasteiger charge is 2.20. The van der Waals surface area contributed by atoms with Gasteiger partial charge in [0.1, 0.15) is 17.2 Å². The molecular weight excluding hydrogens is 270 g/mol. The summed E-state index contributed by atoms with van der Waals surface area (Å²) in [5.41, 5.74) is -0.0721. The maximum Gasteiger partial charge on any atom is 0.349 e. The molecule has 0 heterocycles. The largest absolute Gasteiger partial charge is 0.493 e. The minimum absolute atomic E-state index is 0.0721. The lowest BCUT2D eigenvalue weighted by Gasteiger charge is -2.19. The van der Waals surface area contributed by atoms with Gasteiger partial charge in [0.25, 0.3) is 0 Å². The summed E-state index contributed by atoms with van der Waals surface area (Å²) in [6.45, 7) is 5.24. The monoisotopic (exact) mass is 289 g/mol. The summed E-state index contributed by atoms with van der Waals surface area (Å²) in [5, 5.41) is 9.11. The van der Waals surface area contributed by atoms with Crippen molar-refractivity contribution >= 4 is 12.0 Å². The molecule has 1 rings (SSSR count). The Morgan fingerprint density at radius 2 is 1.81 bits per heavy atom. The standard InChI is InChI=1S/C16H19NO4/c1-16(2,3)21-15(18)12(10-17)8-11-6-7-13(19-4)14(9-11)20-5/h6-9H,1-5H3/b12-8+. The molecule has 0 amide bonds. The molecule has 0 atom stereocenters. The third-order valence-corrected chi connectivity index (χ3v) is 2.46. The molecule has 0 saturated heterocycles. The van der Waals surface area contributed by atoms with E-state index < -0.39 is 11.6 Å². The Bertz CT molecular complexity index is 591. The molecular formula is C16H19NO4. The zero-order valence-electron chi connectivity index (χ0n) is 12.9. The molecule has 0 saturated carbocycles. The van der Waals surface area contributed by atoms with Crippen molar-refractivity contribution in [2.45, 2.75) is 26.4 Å². The van der Waals surface area contributed by atoms with Crippen LogP contribution in [-0.4, -0.2) is 25.8 Å². The quantitative estimate of drug-likeness (QED) is 0.484. The molecule has 0 aliphatic carbocycles. The van der Waals surface area contributed by atoms with Gasteiger partial charge in [-0.1, -0.05) is 6.07 Å². The van der Waals surface area contributed by atoms with Crippen LogP contribution in [0.2, 0.25) is 0 Å². The van der Waals surface area contributed by atoms with Crippen molar-refractivity contribution in [1.82, 2.24) is 0 Å². The lowest BCUT2D eigenvalue weighted by Crippen LogP contribution is -2.24. The van der Waals surface area contributed by atoms with Crippen molar-refractivity contribution in [3.8, 4) is 17.6 Å². The number of nitrogens with zero attached hydrogens (tertiary/aromatic N) is 1. The van der Waals surface area contributed by atoms with E-state index in [2.05, 4.69) is 0 Å². The van der Waals surface area contributed by atoms with E-state index in [0.717, 1.165) is 0 Å². The van der Waals surface area contributed by atoms with Gasteiger partial charge in [-0.25, -0.2) is 4.79 Å². The average molecular weight is 289 g/mol. The number of rotatable bonds is 4. The molecule has 1 aromatic rings. The number of nitriles is 1. The fourth-order valence-electron chi connectivity index (χ4n) is 1.58. The van der Waals surface area contributed by atoms with Crippen molar-refractivity contribution in [3.05, 3.63) is 29.3 Å². The summed E-state index contributed by atoms with van der Waals surface area (Å²) in [6, 6.07) is 6.96. The SMILES string of the molecule is COc1ccc(/C=C(\C#N)C(=O)OC(C)(C)C)cc1OC. The minimum Gasteiger partial charge on any atom is -0.493 e. The molecule has 0 N–H and O–H groups in total. The first-order valence-electron chi connectivity index (χ1n) is 6.38. The van der Waals surface area contributed by atoms with Crippen LogP contribution in [0, 0.1) is 11.3 Å². The van der Waals surface area contributed by atoms with E-state index in [1.54, 1.807) is 39.0 Å². The second-order valence-corrected chi connectivity index (χ2v) is 5.29. The van der Waals surface area contributed by atoms with Gasteiger partial charge in [-0.15, -0.1) is 0 Å². The zero-order chi connectivity index (χ0) is 16.0. The number of methoxy groups -OCH3 is 2. The fourth-order valence-corrected chi connectivity index (χ4v) is 1.58. The average Bonchev–Trinajstić information content (AvgIpc) is 2.42. The summed E-state index contributed by atoms with van der Waals surface area (Å²) in [6.07, 6.45) is 1.45. The first-order chi connectivity index (χ1) is 9.80. The summed E-state index contributed by atoms with van der Waals surface area (Å²) >= 11 is 0. The second kappa shape index (κ2) is 6.80. The van der Waals surface area contributed by atoms with E-state index >= 15 is 0 Å². The van der Waals surface area contributed by atoms with E-state index in [4.69, 9.17) is 19.5 Å². The van der Waals surface area contributed by atoms with Crippen LogP contribution in [0.3, 0.4) is 0 Å². The van der Waals surface area contributed by atoms with Gasteiger partial charge < -0.3 is 14.2 Å². The number of ether oxygens (including phenoxy) is 3. The molecule has 112 valence electrons. The molecule has 0 fully saturated rings. The highest BCUT2D eigenvalue weighted by atomic mass is 16.6. The zero-order valence-corrected chi connectivity index (χ0v) is 12.9. The number of hydrogen-bond donors (Lipinski definition) is 0. The molecule has 0 aromatic heterocycles. The van der Waals surface area contributed by atoms with Crippen LogP contribution in [0.25, 0.3) is 6.08 Å². The predicted molar refractivity (Wildman–Crippen MR) is 79.0 cm³/mol. The van der Waals surface area contributed by atoms with Gasteiger partial charge in [-0.2, -0.15) is 5.26 Å². The number of hydrogen-bond acceptors (Lipinski definition) is 5. The Morgan fingerprint density at radius 1 is 1.19 bits per heavy atom. The van der Waals surface area contributed by atoms with Crippen molar-refractivity contribution in [3.63, 3.8) is 0 Å². The number of esters is 1. The third-order valence-electron chi connectivity index (χ3n) is 2.46. The Hall–Kier alpha value is -2.48. The van der Waals surface area contributed by atoms with Gasteiger partial charge >= 0.3 is 5.97 Å². The van der Waals surface area contributed by atoms with Gasteiger partial charge in [-0.05, 0) is 44.5 Å². The Kier molecular flexibility index (Phi) is 5.37. The maximum absolute atomic E-state index is 11.9. The summed E-state index contributed by atoms with van der Waals surface area (Å²) in [7, 11) is 3.05. The maximum atomic E-state index is 11.9. The van der Waals surface area contributed by atoms with Crippen LogP contribution < -0.4 is 9.47 Å². The van der Waals surface area contributed by atoms with E-state index in [9.17, 15) is 4.79 Å². The molecule has 1 aromatic carbocycles. The third kappa shape index (κ3) is 4.84. The molecule has 0 radical (unpaired) electrons. The van der Waals surface area contributed by atoms with Gasteiger partial charge in [0, 0.05) is 0 Å². The Balaban J connectivity index is 3.09. The Morgan fingerprint density at radius 3 is 2.29 bits per heavy atom. The number of carbonyl (C=O) groups excluding carboxylic acids is 1. The molecule has 21 heavy (non-hydrogen) atoms. The van der Waals surface area contributed by atoms with Crippen molar-refractivity contribution < 1.29 is 19.0 Å². The first-order valence-corrected chi connectivity index (χ1v) is 6.38. The predicted octanol–water partition coefficient (Wildman–Crippen LogP) is 2.95. The van der Waals surface area contributed by atoms with Crippen LogP contribution in [0.1, 0.15) is 26.3 Å². The van der Waals surface area contributed by atoms with Gasteiger partial charge in [0.05, 0.1) is 14.2 Å². The van der Waals surface area contributed by atoms with Gasteiger partial charge in [0.15, 0.2) is 11.5 Å². The fraction of sp³-hybridized carbons (Fsp3) is 0.375. The van der Waals surface area contributed by atoms with Crippen LogP contribution >= 0.6 is 0 Å². The topological polar surface area (TPSA) is 68.5 Å². The van der Waals surface area contributed by atoms with Crippen LogP contribution in [0.15, 0.2) is 23.8 Å². The molecule has 0 bridgehead atoms. The molecule has 5 heteroatoms. The molecule has 0 spiro atoms. The van der Waals surface area contributed by atoms with Crippen molar-refractivity contribution in [2.24, 2.45) is 0 Å². The molecule has 0 unspecified atom stereocenters. The normalized spacial score (nSPS) is 11.5. The van der Waals surface area contributed by atoms with E-state index in [1.165, 1.54) is 20.3 Å². The highest BCUT2D eigenvalue weighted by Crippen LogP contribution is 2.28. The van der Waals surface area contributed by atoms with E-state index in [-0.39, 0.29) is 5.57 Å². The number of carbonyl (C=O) groups is 1. The van der Waals surface area contributed by atoms with Gasteiger partial charge in [0.2, 0.25) is 0 Å². The van der Waals surface area contributed by atoms with Crippen LogP contribution in [0.4, 0.5) is 0 Å². The molecule has 0 aliphatic heterocycles. The highest BCUT2D eigenvalue weighted by molar-refractivity contribution is 5.98. The van der Waals surface area contributed by atoms with Crippen molar-refractivity contribution in [1.29, 1.82) is 5.26 Å². The lowest BCUT2D eigenvalue weighted by molar-refractivity contribution is -0.149. The first kappa shape index (κ1) is 16.6. The summed E-state index contributed by atoms with van der Waals surface area (Å²) in [4.78, 5) is 11.9. The van der Waals surface area contributed by atoms with E-state index in [1.807, 2.05) is 6.07 Å². The van der Waals surface area contributed by atoms with Crippen LogP contribution in [0.5, 0.6) is 11.5 Å². The summed E-state index contributed by atoms with van der Waals surface area (Å²) in [5.74, 6) is 0.443. The number of benzene rings is 1. The summed E-state index contributed by atoms with van der Waals surface area (Å²) < 4.78 is 15.5. The lowest BCUT2D eigenvalue weighted by atomic mass is 10.1. The smallest absolute Gasteiger partial charge is 0.349 e. The molecule has 0 aliphatic rings. The molecule has 5 nitrogen and oxygen atoms in total. The second-order valence-electron chi connectivity index (χ2n) is 5.29. The van der Waals surface area contributed by atoms with Crippen LogP contribution in [-0.2, 0) is 9.53 Å². The van der Waals surface area contributed by atoms with Gasteiger partial charge in [-0.3, -0.25) is 0 Å². The van der Waals surface area contributed by atoms with E-state index in [0.29, 0.717) is 17.1 Å². The van der Waals surface area contributed by atoms with Crippen molar-refractivity contribution in [2.75, 3.05) is 14.2 Å². The minimum atomic E-state index is -0.653. The Labute approximate surface area is 124 Å².